The van der Waals surface area contributed by atoms with Gasteiger partial charge in [0.25, 0.3) is 0 Å². The highest BCUT2D eigenvalue weighted by Gasteiger charge is 2.38. The topological polar surface area (TPSA) is 86.7 Å². The Balaban J connectivity index is 1.83. The Labute approximate surface area is 114 Å². The van der Waals surface area contributed by atoms with Gasteiger partial charge in [0.2, 0.25) is 0 Å². The summed E-state index contributed by atoms with van der Waals surface area (Å²) in [5, 5.41) is 12.5. The number of rotatable bonds is 6. The minimum Gasteiger partial charge on any atom is -0.480 e. The van der Waals surface area contributed by atoms with Crippen LogP contribution in [0.3, 0.4) is 0 Å². The van der Waals surface area contributed by atoms with E-state index in [0.717, 1.165) is 12.8 Å². The molecule has 2 rings (SSSR count). The number of carboxylic acid groups (broad SMARTS) is 1. The first-order valence-corrected chi connectivity index (χ1v) is 8.57. The second kappa shape index (κ2) is 5.38. The van der Waals surface area contributed by atoms with E-state index in [1.54, 1.807) is 6.92 Å². The Morgan fingerprint density at radius 2 is 1.95 bits per heavy atom. The molecule has 19 heavy (non-hydrogen) atoms. The first-order chi connectivity index (χ1) is 8.81. The molecule has 0 aromatic rings. The number of carbonyl (C=O) groups is 1. The SMILES string of the molecule is CC(CCN1CCS(=O)(=O)CC1)(NC1CC1)C(=O)O. The van der Waals surface area contributed by atoms with E-state index in [1.165, 1.54) is 0 Å². The molecule has 2 aliphatic rings. The van der Waals surface area contributed by atoms with Gasteiger partial charge < -0.3 is 10.0 Å². The maximum Gasteiger partial charge on any atom is 0.323 e. The predicted molar refractivity (Wildman–Crippen MR) is 71.9 cm³/mol. The summed E-state index contributed by atoms with van der Waals surface area (Å²) in [6.07, 6.45) is 2.59. The van der Waals surface area contributed by atoms with Crippen LogP contribution in [0.1, 0.15) is 26.2 Å². The predicted octanol–water partition coefficient (Wildman–Crippen LogP) is -0.298. The Morgan fingerprint density at radius 3 is 2.42 bits per heavy atom. The summed E-state index contributed by atoms with van der Waals surface area (Å²) in [6, 6.07) is 0.336. The van der Waals surface area contributed by atoms with Gasteiger partial charge in [-0.2, -0.15) is 0 Å². The zero-order chi connectivity index (χ0) is 14.1. The third-order valence-corrected chi connectivity index (χ3v) is 5.55. The highest BCUT2D eigenvalue weighted by atomic mass is 32.2. The molecule has 0 amide bonds. The molecule has 0 aromatic heterocycles. The number of sulfone groups is 1. The fourth-order valence-corrected chi connectivity index (χ4v) is 3.55. The second-order valence-corrected chi connectivity index (χ2v) is 8.10. The molecule has 7 heteroatoms. The zero-order valence-electron chi connectivity index (χ0n) is 11.3. The smallest absolute Gasteiger partial charge is 0.323 e. The van der Waals surface area contributed by atoms with E-state index >= 15 is 0 Å². The van der Waals surface area contributed by atoms with Crippen molar-refractivity contribution >= 4 is 15.8 Å². The summed E-state index contributed by atoms with van der Waals surface area (Å²) in [6.45, 7) is 3.37. The van der Waals surface area contributed by atoms with E-state index in [-0.39, 0.29) is 11.5 Å². The van der Waals surface area contributed by atoms with Crippen LogP contribution in [0.4, 0.5) is 0 Å². The average molecular weight is 290 g/mol. The summed E-state index contributed by atoms with van der Waals surface area (Å²) in [4.78, 5) is 13.4. The zero-order valence-corrected chi connectivity index (χ0v) is 12.1. The summed E-state index contributed by atoms with van der Waals surface area (Å²) in [5.74, 6) is -0.455. The molecular weight excluding hydrogens is 268 g/mol. The van der Waals surface area contributed by atoms with Gasteiger partial charge in [-0.3, -0.25) is 10.1 Å². The van der Waals surface area contributed by atoms with Crippen LogP contribution < -0.4 is 5.32 Å². The minimum atomic E-state index is -2.87. The number of nitrogens with zero attached hydrogens (tertiary/aromatic N) is 1. The van der Waals surface area contributed by atoms with E-state index in [9.17, 15) is 18.3 Å². The Bertz CT molecular complexity index is 433. The van der Waals surface area contributed by atoms with Crippen molar-refractivity contribution in [1.82, 2.24) is 10.2 Å². The molecule has 1 unspecified atom stereocenters. The van der Waals surface area contributed by atoms with Crippen LogP contribution in [-0.2, 0) is 14.6 Å². The molecule has 0 spiro atoms. The van der Waals surface area contributed by atoms with Gasteiger partial charge in [0, 0.05) is 25.7 Å². The maximum atomic E-state index is 11.4. The van der Waals surface area contributed by atoms with Crippen molar-refractivity contribution in [1.29, 1.82) is 0 Å². The second-order valence-electron chi connectivity index (χ2n) is 5.80. The fourth-order valence-electron chi connectivity index (χ4n) is 2.27. The molecule has 1 saturated heterocycles. The minimum absolute atomic E-state index is 0.187. The van der Waals surface area contributed by atoms with Crippen LogP contribution >= 0.6 is 0 Å². The van der Waals surface area contributed by atoms with Crippen LogP contribution in [-0.4, -0.2) is 67.1 Å². The van der Waals surface area contributed by atoms with E-state index < -0.39 is 21.3 Å². The molecular formula is C12H22N2O4S. The van der Waals surface area contributed by atoms with Gasteiger partial charge in [0.05, 0.1) is 11.5 Å². The third kappa shape index (κ3) is 4.15. The lowest BCUT2D eigenvalue weighted by Gasteiger charge is -2.32. The number of nitrogens with one attached hydrogen (secondary N) is 1. The molecule has 0 aromatic carbocycles. The van der Waals surface area contributed by atoms with Crippen molar-refractivity contribution in [3.63, 3.8) is 0 Å². The molecule has 2 fully saturated rings. The Kier molecular flexibility index (Phi) is 4.17. The van der Waals surface area contributed by atoms with Crippen LogP contribution in [0, 0.1) is 0 Å². The van der Waals surface area contributed by atoms with Crippen LogP contribution in [0.5, 0.6) is 0 Å². The first kappa shape index (κ1) is 14.7. The van der Waals surface area contributed by atoms with Gasteiger partial charge in [0.1, 0.15) is 5.54 Å². The van der Waals surface area contributed by atoms with Crippen molar-refractivity contribution in [2.45, 2.75) is 37.8 Å². The lowest BCUT2D eigenvalue weighted by Crippen LogP contribution is -2.53. The molecule has 1 atom stereocenters. The molecule has 1 saturated carbocycles. The molecule has 1 aliphatic carbocycles. The van der Waals surface area contributed by atoms with Crippen molar-refractivity contribution in [3.8, 4) is 0 Å². The van der Waals surface area contributed by atoms with E-state index in [4.69, 9.17) is 0 Å². The largest absolute Gasteiger partial charge is 0.480 e. The molecule has 1 heterocycles. The monoisotopic (exact) mass is 290 g/mol. The number of aliphatic carboxylic acids is 1. The fraction of sp³-hybridized carbons (Fsp3) is 0.917. The number of hydrogen-bond donors (Lipinski definition) is 2. The van der Waals surface area contributed by atoms with Crippen LogP contribution in [0.25, 0.3) is 0 Å². The highest BCUT2D eigenvalue weighted by molar-refractivity contribution is 7.91. The number of carboxylic acids is 1. The van der Waals surface area contributed by atoms with Crippen molar-refractivity contribution in [2.75, 3.05) is 31.1 Å². The molecule has 0 bridgehead atoms. The van der Waals surface area contributed by atoms with Gasteiger partial charge in [-0.1, -0.05) is 0 Å². The van der Waals surface area contributed by atoms with Crippen molar-refractivity contribution < 1.29 is 18.3 Å². The van der Waals surface area contributed by atoms with Crippen LogP contribution in [0.15, 0.2) is 0 Å². The molecule has 110 valence electrons. The summed E-state index contributed by atoms with van der Waals surface area (Å²) in [5.41, 5.74) is -0.905. The standard InChI is InChI=1S/C12H22N2O4S/c1-12(11(15)16,13-10-2-3-10)4-5-14-6-8-19(17,18)9-7-14/h10,13H,2-9H2,1H3,(H,15,16). The Morgan fingerprint density at radius 1 is 1.37 bits per heavy atom. The summed E-state index contributed by atoms with van der Waals surface area (Å²) >= 11 is 0. The Hall–Kier alpha value is -0.660. The number of hydrogen-bond acceptors (Lipinski definition) is 5. The third-order valence-electron chi connectivity index (χ3n) is 3.94. The normalized spacial score (nSPS) is 26.8. The van der Waals surface area contributed by atoms with Crippen LogP contribution in [0.2, 0.25) is 0 Å². The molecule has 2 N–H and O–H groups in total. The summed E-state index contributed by atoms with van der Waals surface area (Å²) < 4.78 is 22.7. The highest BCUT2D eigenvalue weighted by Crippen LogP contribution is 2.24. The quantitative estimate of drug-likeness (QED) is 0.698. The van der Waals surface area contributed by atoms with Crippen molar-refractivity contribution in [2.24, 2.45) is 0 Å². The van der Waals surface area contributed by atoms with Gasteiger partial charge in [-0.25, -0.2) is 8.42 Å². The van der Waals surface area contributed by atoms with Gasteiger partial charge >= 0.3 is 5.97 Å². The van der Waals surface area contributed by atoms with E-state index in [0.29, 0.717) is 32.1 Å². The molecule has 0 radical (unpaired) electrons. The van der Waals surface area contributed by atoms with Gasteiger partial charge in [-0.15, -0.1) is 0 Å². The van der Waals surface area contributed by atoms with Gasteiger partial charge in [0.15, 0.2) is 9.84 Å². The van der Waals surface area contributed by atoms with E-state index in [2.05, 4.69) is 5.32 Å². The first-order valence-electron chi connectivity index (χ1n) is 6.75. The molecule has 6 nitrogen and oxygen atoms in total. The lowest BCUT2D eigenvalue weighted by atomic mass is 9.97. The lowest BCUT2D eigenvalue weighted by molar-refractivity contribution is -0.144. The van der Waals surface area contributed by atoms with Gasteiger partial charge in [-0.05, 0) is 26.2 Å². The average Bonchev–Trinajstić information content (AvgIpc) is 3.11. The van der Waals surface area contributed by atoms with Crippen molar-refractivity contribution in [3.05, 3.63) is 0 Å². The maximum absolute atomic E-state index is 11.4. The summed E-state index contributed by atoms with van der Waals surface area (Å²) in [7, 11) is -2.87. The molecule has 1 aliphatic heterocycles. The van der Waals surface area contributed by atoms with E-state index in [1.807, 2.05) is 4.90 Å².